The monoisotopic (exact) mass is 271 g/mol. The Morgan fingerprint density at radius 3 is 2.58 bits per heavy atom. The van der Waals surface area contributed by atoms with Crippen LogP contribution >= 0.6 is 11.6 Å². The van der Waals surface area contributed by atoms with Gasteiger partial charge in [-0.15, -0.1) is 0 Å². The van der Waals surface area contributed by atoms with Crippen LogP contribution in [0.25, 0.3) is 0 Å². The molecule has 2 aromatic rings. The third kappa shape index (κ3) is 3.47. The molecule has 0 saturated carbocycles. The van der Waals surface area contributed by atoms with Gasteiger partial charge in [-0.2, -0.15) is 5.26 Å². The molecule has 2 rings (SSSR count). The van der Waals surface area contributed by atoms with E-state index in [1.165, 1.54) is 0 Å². The highest BCUT2D eigenvalue weighted by atomic mass is 35.5. The minimum atomic E-state index is -0.104. The fraction of sp³-hybridized carbons (Fsp3) is 0.133. The number of nitrogens with one attached hydrogen (secondary N) is 1. The second-order valence-corrected chi connectivity index (χ2v) is 4.61. The predicted octanol–water partition coefficient (Wildman–Crippen LogP) is 3.32. The van der Waals surface area contributed by atoms with E-state index in [4.69, 9.17) is 22.6 Å². The molecule has 0 aromatic heterocycles. The van der Waals surface area contributed by atoms with E-state index in [1.807, 2.05) is 36.4 Å². The van der Waals surface area contributed by atoms with E-state index in [2.05, 4.69) is 5.32 Å². The summed E-state index contributed by atoms with van der Waals surface area (Å²) in [4.78, 5) is 0. The van der Waals surface area contributed by atoms with Crippen LogP contribution in [0, 0.1) is 11.3 Å². The summed E-state index contributed by atoms with van der Waals surface area (Å²) in [7, 11) is 0. The first kappa shape index (κ1) is 13.4. The fourth-order valence-electron chi connectivity index (χ4n) is 1.77. The zero-order valence-corrected chi connectivity index (χ0v) is 11.1. The molecule has 1 atom stereocenters. The van der Waals surface area contributed by atoms with Crippen LogP contribution in [0.1, 0.15) is 17.2 Å². The van der Waals surface area contributed by atoms with E-state index in [1.54, 1.807) is 18.2 Å². The Hall–Kier alpha value is -2.02. The standard InChI is InChI=1S/C15H14ClN3/c16-13-8-11(9-17)6-7-15(13)19-10-14(18)12-4-2-1-3-5-12/h1-8,14,19H,10,18H2. The average molecular weight is 272 g/mol. The number of rotatable bonds is 4. The number of anilines is 1. The normalized spacial score (nSPS) is 11.6. The van der Waals surface area contributed by atoms with Gasteiger partial charge >= 0.3 is 0 Å². The summed E-state index contributed by atoms with van der Waals surface area (Å²) < 4.78 is 0. The van der Waals surface area contributed by atoms with E-state index < -0.39 is 0 Å². The molecule has 3 N–H and O–H groups in total. The number of hydrogen-bond acceptors (Lipinski definition) is 3. The van der Waals surface area contributed by atoms with Crippen LogP contribution in [0.3, 0.4) is 0 Å². The highest BCUT2D eigenvalue weighted by Crippen LogP contribution is 2.23. The summed E-state index contributed by atoms with van der Waals surface area (Å²) in [6.07, 6.45) is 0. The number of nitrogens with zero attached hydrogens (tertiary/aromatic N) is 1. The summed E-state index contributed by atoms with van der Waals surface area (Å²) in [5.41, 5.74) is 8.49. The molecule has 0 radical (unpaired) electrons. The molecule has 0 amide bonds. The van der Waals surface area contributed by atoms with Crippen LogP contribution in [-0.2, 0) is 0 Å². The largest absolute Gasteiger partial charge is 0.382 e. The maximum absolute atomic E-state index is 8.77. The molecule has 19 heavy (non-hydrogen) atoms. The first-order valence-corrected chi connectivity index (χ1v) is 6.32. The van der Waals surface area contributed by atoms with Crippen molar-refractivity contribution in [1.29, 1.82) is 5.26 Å². The van der Waals surface area contributed by atoms with E-state index in [9.17, 15) is 0 Å². The molecule has 4 heteroatoms. The van der Waals surface area contributed by atoms with Crippen LogP contribution in [-0.4, -0.2) is 6.54 Å². The van der Waals surface area contributed by atoms with E-state index in [0.717, 1.165) is 11.3 Å². The predicted molar refractivity (Wildman–Crippen MR) is 78.0 cm³/mol. The number of nitrogens with two attached hydrogens (primary N) is 1. The van der Waals surface area contributed by atoms with Crippen molar-refractivity contribution in [1.82, 2.24) is 0 Å². The van der Waals surface area contributed by atoms with Crippen molar-refractivity contribution < 1.29 is 0 Å². The molecule has 0 aliphatic carbocycles. The average Bonchev–Trinajstić information content (AvgIpc) is 2.46. The molecule has 0 aliphatic heterocycles. The third-order valence-corrected chi connectivity index (χ3v) is 3.15. The van der Waals surface area contributed by atoms with Crippen LogP contribution in [0.15, 0.2) is 48.5 Å². The van der Waals surface area contributed by atoms with Crippen LogP contribution < -0.4 is 11.1 Å². The Balaban J connectivity index is 2.01. The molecule has 0 bridgehead atoms. The summed E-state index contributed by atoms with van der Waals surface area (Å²) in [5.74, 6) is 0. The summed E-state index contributed by atoms with van der Waals surface area (Å²) >= 11 is 6.08. The van der Waals surface area contributed by atoms with Crippen molar-refractivity contribution in [3.8, 4) is 6.07 Å². The van der Waals surface area contributed by atoms with Crippen molar-refractivity contribution in [2.24, 2.45) is 5.73 Å². The third-order valence-electron chi connectivity index (χ3n) is 2.84. The van der Waals surface area contributed by atoms with Crippen molar-refractivity contribution in [3.63, 3.8) is 0 Å². The number of hydrogen-bond donors (Lipinski definition) is 2. The van der Waals surface area contributed by atoms with E-state index in [0.29, 0.717) is 17.1 Å². The lowest BCUT2D eigenvalue weighted by atomic mass is 10.1. The maximum atomic E-state index is 8.77. The van der Waals surface area contributed by atoms with Gasteiger partial charge in [0.25, 0.3) is 0 Å². The van der Waals surface area contributed by atoms with Crippen molar-refractivity contribution >= 4 is 17.3 Å². The molecule has 0 aliphatic rings. The van der Waals surface area contributed by atoms with Gasteiger partial charge in [-0.3, -0.25) is 0 Å². The van der Waals surface area contributed by atoms with Crippen LogP contribution in [0.4, 0.5) is 5.69 Å². The SMILES string of the molecule is N#Cc1ccc(NCC(N)c2ccccc2)c(Cl)c1. The van der Waals surface area contributed by atoms with Gasteiger partial charge in [0.2, 0.25) is 0 Å². The molecule has 0 spiro atoms. The van der Waals surface area contributed by atoms with Crippen LogP contribution in [0.2, 0.25) is 5.02 Å². The Kier molecular flexibility index (Phi) is 4.40. The summed E-state index contributed by atoms with van der Waals surface area (Å²) in [6, 6.07) is 17.0. The molecule has 0 fully saturated rings. The maximum Gasteiger partial charge on any atom is 0.0992 e. The Labute approximate surface area is 117 Å². The molecule has 2 aromatic carbocycles. The molecular weight excluding hydrogens is 258 g/mol. The van der Waals surface area contributed by atoms with Crippen molar-refractivity contribution in [3.05, 3.63) is 64.7 Å². The highest BCUT2D eigenvalue weighted by molar-refractivity contribution is 6.33. The smallest absolute Gasteiger partial charge is 0.0992 e. The topological polar surface area (TPSA) is 61.8 Å². The molecular formula is C15H14ClN3. The first-order valence-electron chi connectivity index (χ1n) is 5.95. The minimum absolute atomic E-state index is 0.104. The Morgan fingerprint density at radius 2 is 1.95 bits per heavy atom. The lowest BCUT2D eigenvalue weighted by molar-refractivity contribution is 0.764. The van der Waals surface area contributed by atoms with Gasteiger partial charge in [0.15, 0.2) is 0 Å². The molecule has 96 valence electrons. The van der Waals surface area contributed by atoms with Gasteiger partial charge in [-0.25, -0.2) is 0 Å². The first-order chi connectivity index (χ1) is 9.20. The van der Waals surface area contributed by atoms with Gasteiger partial charge in [0.05, 0.1) is 22.3 Å². The molecule has 3 nitrogen and oxygen atoms in total. The van der Waals surface area contributed by atoms with Gasteiger partial charge in [0, 0.05) is 12.6 Å². The second kappa shape index (κ2) is 6.24. The lowest BCUT2D eigenvalue weighted by Crippen LogP contribution is -2.20. The van der Waals surface area contributed by atoms with Gasteiger partial charge < -0.3 is 11.1 Å². The molecule has 0 heterocycles. The zero-order valence-electron chi connectivity index (χ0n) is 10.3. The summed E-state index contributed by atoms with van der Waals surface area (Å²) in [5, 5.41) is 12.5. The molecule has 0 saturated heterocycles. The van der Waals surface area contributed by atoms with E-state index in [-0.39, 0.29) is 6.04 Å². The fourth-order valence-corrected chi connectivity index (χ4v) is 2.01. The number of benzene rings is 2. The van der Waals surface area contributed by atoms with E-state index >= 15 is 0 Å². The van der Waals surface area contributed by atoms with Crippen molar-refractivity contribution in [2.45, 2.75) is 6.04 Å². The Bertz CT molecular complexity index is 590. The quantitative estimate of drug-likeness (QED) is 0.897. The molecule has 1 unspecified atom stereocenters. The van der Waals surface area contributed by atoms with Gasteiger partial charge in [-0.1, -0.05) is 41.9 Å². The zero-order chi connectivity index (χ0) is 13.7. The number of halogens is 1. The van der Waals surface area contributed by atoms with Gasteiger partial charge in [0.1, 0.15) is 0 Å². The van der Waals surface area contributed by atoms with Crippen molar-refractivity contribution in [2.75, 3.05) is 11.9 Å². The summed E-state index contributed by atoms with van der Waals surface area (Å²) in [6.45, 7) is 0.579. The number of nitriles is 1. The Morgan fingerprint density at radius 1 is 1.21 bits per heavy atom. The van der Waals surface area contributed by atoms with Gasteiger partial charge in [-0.05, 0) is 23.8 Å². The minimum Gasteiger partial charge on any atom is -0.382 e. The lowest BCUT2D eigenvalue weighted by Gasteiger charge is -2.15. The van der Waals surface area contributed by atoms with Crippen LogP contribution in [0.5, 0.6) is 0 Å². The second-order valence-electron chi connectivity index (χ2n) is 4.20. The highest BCUT2D eigenvalue weighted by Gasteiger charge is 2.07.